The van der Waals surface area contributed by atoms with Crippen LogP contribution in [0.15, 0.2) is 11.0 Å². The van der Waals surface area contributed by atoms with E-state index in [-0.39, 0.29) is 11.0 Å². The van der Waals surface area contributed by atoms with Crippen LogP contribution >= 0.6 is 11.6 Å². The molecule has 0 saturated carbocycles. The van der Waals surface area contributed by atoms with E-state index in [0.29, 0.717) is 11.2 Å². The molecule has 2 aromatic rings. The van der Waals surface area contributed by atoms with E-state index in [2.05, 4.69) is 15.0 Å². The van der Waals surface area contributed by atoms with Gasteiger partial charge in [0.25, 0.3) is 0 Å². The first-order valence-electron chi connectivity index (χ1n) is 3.26. The zero-order chi connectivity index (χ0) is 8.72. The van der Waals surface area contributed by atoms with Crippen molar-refractivity contribution < 1.29 is 0 Å². The van der Waals surface area contributed by atoms with Crippen LogP contribution in [0.5, 0.6) is 0 Å². The van der Waals surface area contributed by atoms with E-state index in [0.717, 1.165) is 0 Å². The van der Waals surface area contributed by atoms with Crippen molar-refractivity contribution in [3.8, 4) is 0 Å². The molecule has 0 unspecified atom stereocenters. The summed E-state index contributed by atoms with van der Waals surface area (Å²) in [7, 11) is 1.62. The first kappa shape index (κ1) is 7.30. The third kappa shape index (κ3) is 0.902. The first-order valence-corrected chi connectivity index (χ1v) is 3.63. The maximum atomic E-state index is 11.0. The summed E-state index contributed by atoms with van der Waals surface area (Å²) in [5, 5.41) is 0.136. The molecular formula is C6H5ClN4O. The van der Waals surface area contributed by atoms with Gasteiger partial charge in [-0.15, -0.1) is 0 Å². The second-order valence-corrected chi connectivity index (χ2v) is 2.70. The molecule has 0 bridgehead atoms. The van der Waals surface area contributed by atoms with Gasteiger partial charge in [-0.3, -0.25) is 4.57 Å². The molecule has 1 N–H and O–H groups in total. The van der Waals surface area contributed by atoms with Crippen LogP contribution in [0.4, 0.5) is 0 Å². The van der Waals surface area contributed by atoms with Gasteiger partial charge in [0.1, 0.15) is 5.52 Å². The standard InChI is InChI=1S/C6H5ClN4O/c1-11-4-3(9-6(11)12)2-8-5(7)10-4/h2H,1H3,(H,9,12). The summed E-state index contributed by atoms with van der Waals surface area (Å²) in [5.41, 5.74) is 0.883. The molecular weight excluding hydrogens is 180 g/mol. The Morgan fingerprint density at radius 2 is 2.42 bits per heavy atom. The molecule has 2 heterocycles. The summed E-state index contributed by atoms with van der Waals surface area (Å²) in [6.45, 7) is 0. The zero-order valence-electron chi connectivity index (χ0n) is 6.21. The number of nitrogens with zero attached hydrogens (tertiary/aromatic N) is 3. The fourth-order valence-corrected chi connectivity index (χ4v) is 1.12. The number of halogens is 1. The van der Waals surface area contributed by atoms with Crippen molar-refractivity contribution >= 4 is 22.8 Å². The Balaban J connectivity index is 2.98. The van der Waals surface area contributed by atoms with Crippen LogP contribution < -0.4 is 5.69 Å². The largest absolute Gasteiger partial charge is 0.327 e. The van der Waals surface area contributed by atoms with Crippen LogP contribution in [-0.4, -0.2) is 19.5 Å². The molecule has 0 aromatic carbocycles. The fraction of sp³-hybridized carbons (Fsp3) is 0.167. The van der Waals surface area contributed by atoms with Crippen LogP contribution in [0.25, 0.3) is 11.2 Å². The molecule has 5 nitrogen and oxygen atoms in total. The minimum Gasteiger partial charge on any atom is -0.303 e. The van der Waals surface area contributed by atoms with Gasteiger partial charge >= 0.3 is 5.69 Å². The highest BCUT2D eigenvalue weighted by Gasteiger charge is 2.04. The minimum absolute atomic E-state index is 0.136. The van der Waals surface area contributed by atoms with Gasteiger partial charge in [-0.1, -0.05) is 0 Å². The van der Waals surface area contributed by atoms with E-state index < -0.39 is 0 Å². The van der Waals surface area contributed by atoms with Crippen LogP contribution in [0, 0.1) is 0 Å². The van der Waals surface area contributed by atoms with Crippen molar-refractivity contribution in [3.63, 3.8) is 0 Å². The van der Waals surface area contributed by atoms with Crippen molar-refractivity contribution in [3.05, 3.63) is 22.0 Å². The number of hydrogen-bond donors (Lipinski definition) is 1. The second-order valence-electron chi connectivity index (χ2n) is 2.37. The summed E-state index contributed by atoms with van der Waals surface area (Å²) in [6.07, 6.45) is 1.48. The minimum atomic E-state index is -0.221. The van der Waals surface area contributed by atoms with Gasteiger partial charge in [-0.05, 0) is 11.6 Å². The number of rotatable bonds is 0. The Hall–Kier alpha value is -1.36. The average molecular weight is 185 g/mol. The van der Waals surface area contributed by atoms with Crippen molar-refractivity contribution in [1.82, 2.24) is 19.5 Å². The first-order chi connectivity index (χ1) is 5.68. The van der Waals surface area contributed by atoms with Gasteiger partial charge in [-0.25, -0.2) is 9.78 Å². The van der Waals surface area contributed by atoms with Crippen molar-refractivity contribution in [2.45, 2.75) is 0 Å². The van der Waals surface area contributed by atoms with Crippen LogP contribution in [-0.2, 0) is 7.05 Å². The van der Waals surface area contributed by atoms with E-state index in [1.807, 2.05) is 0 Å². The lowest BCUT2D eigenvalue weighted by molar-refractivity contribution is 0.877. The number of aryl methyl sites for hydroxylation is 1. The molecule has 2 rings (SSSR count). The lowest BCUT2D eigenvalue weighted by Crippen LogP contribution is -2.12. The number of H-pyrrole nitrogens is 1. The summed E-state index contributed by atoms with van der Waals surface area (Å²) in [6, 6.07) is 0. The maximum Gasteiger partial charge on any atom is 0.327 e. The van der Waals surface area contributed by atoms with Gasteiger partial charge in [0, 0.05) is 7.05 Å². The predicted octanol–water partition coefficient (Wildman–Crippen LogP) is 0.310. The third-order valence-corrected chi connectivity index (χ3v) is 1.79. The van der Waals surface area contributed by atoms with Crippen molar-refractivity contribution in [2.24, 2.45) is 7.05 Å². The molecule has 0 fully saturated rings. The maximum absolute atomic E-state index is 11.0. The predicted molar refractivity (Wildman–Crippen MR) is 44.1 cm³/mol. The molecule has 62 valence electrons. The highest BCUT2D eigenvalue weighted by Crippen LogP contribution is 2.06. The Labute approximate surface area is 72.0 Å². The number of nitrogens with one attached hydrogen (secondary N) is 1. The summed E-state index contributed by atoms with van der Waals surface area (Å²) in [5.74, 6) is 0. The quantitative estimate of drug-likeness (QED) is 0.600. The van der Waals surface area contributed by atoms with Gasteiger partial charge in [0.2, 0.25) is 5.28 Å². The Kier molecular flexibility index (Phi) is 1.41. The van der Waals surface area contributed by atoms with E-state index in [1.54, 1.807) is 7.05 Å². The smallest absolute Gasteiger partial charge is 0.303 e. The molecule has 0 radical (unpaired) electrons. The molecule has 0 amide bonds. The number of aromatic amines is 1. The summed E-state index contributed by atoms with van der Waals surface area (Å²) in [4.78, 5) is 21.2. The molecule has 12 heavy (non-hydrogen) atoms. The molecule has 0 atom stereocenters. The van der Waals surface area contributed by atoms with E-state index in [1.165, 1.54) is 10.8 Å². The van der Waals surface area contributed by atoms with Gasteiger partial charge in [-0.2, -0.15) is 4.98 Å². The average Bonchev–Trinajstić information content (AvgIpc) is 2.31. The number of imidazole rings is 1. The molecule has 0 aliphatic carbocycles. The zero-order valence-corrected chi connectivity index (χ0v) is 6.96. The van der Waals surface area contributed by atoms with Crippen LogP contribution in [0.1, 0.15) is 0 Å². The van der Waals surface area contributed by atoms with Crippen molar-refractivity contribution in [1.29, 1.82) is 0 Å². The highest BCUT2D eigenvalue weighted by molar-refractivity contribution is 6.28. The molecule has 0 saturated heterocycles. The summed E-state index contributed by atoms with van der Waals surface area (Å²) < 4.78 is 1.38. The van der Waals surface area contributed by atoms with Crippen LogP contribution in [0.3, 0.4) is 0 Å². The monoisotopic (exact) mass is 184 g/mol. The second kappa shape index (κ2) is 2.31. The van der Waals surface area contributed by atoms with Gasteiger partial charge in [0.15, 0.2) is 5.65 Å². The van der Waals surface area contributed by atoms with E-state index in [9.17, 15) is 4.79 Å². The SMILES string of the molecule is Cn1c(=O)[nH]c2cnc(Cl)nc21. The molecule has 0 spiro atoms. The number of hydrogen-bond acceptors (Lipinski definition) is 3. The fourth-order valence-electron chi connectivity index (χ4n) is 0.991. The third-order valence-electron chi connectivity index (χ3n) is 1.60. The number of aromatic nitrogens is 4. The van der Waals surface area contributed by atoms with Gasteiger partial charge in [0.05, 0.1) is 6.20 Å². The van der Waals surface area contributed by atoms with Crippen molar-refractivity contribution in [2.75, 3.05) is 0 Å². The lowest BCUT2D eigenvalue weighted by atomic mass is 10.6. The lowest BCUT2D eigenvalue weighted by Gasteiger charge is -1.91. The molecule has 0 aliphatic heterocycles. The topological polar surface area (TPSA) is 63.6 Å². The highest BCUT2D eigenvalue weighted by atomic mass is 35.5. The van der Waals surface area contributed by atoms with Gasteiger partial charge < -0.3 is 4.98 Å². The molecule has 0 aliphatic rings. The summed E-state index contributed by atoms with van der Waals surface area (Å²) >= 11 is 5.55. The Bertz CT molecular complexity index is 486. The molecule has 2 aromatic heterocycles. The number of fused-ring (bicyclic) bond motifs is 1. The normalized spacial score (nSPS) is 10.8. The molecule has 6 heteroatoms. The van der Waals surface area contributed by atoms with Crippen LogP contribution in [0.2, 0.25) is 5.28 Å². The Morgan fingerprint density at radius 3 is 3.17 bits per heavy atom. The van der Waals surface area contributed by atoms with E-state index in [4.69, 9.17) is 11.6 Å². The van der Waals surface area contributed by atoms with E-state index >= 15 is 0 Å². The Morgan fingerprint density at radius 1 is 1.67 bits per heavy atom.